The van der Waals surface area contributed by atoms with Crippen molar-refractivity contribution in [3.63, 3.8) is 0 Å². The van der Waals surface area contributed by atoms with E-state index >= 15 is 0 Å². The van der Waals surface area contributed by atoms with E-state index in [0.717, 1.165) is 11.6 Å². The summed E-state index contributed by atoms with van der Waals surface area (Å²) in [5, 5.41) is 0. The molecule has 2 aliphatic rings. The predicted molar refractivity (Wildman–Crippen MR) is 89.2 cm³/mol. The number of hydrogen-bond acceptors (Lipinski definition) is 2. The van der Waals surface area contributed by atoms with Crippen LogP contribution in [0.1, 0.15) is 35.1 Å². The number of alkyl halides is 3. The Morgan fingerprint density at radius 3 is 2.58 bits per heavy atom. The van der Waals surface area contributed by atoms with E-state index in [1.165, 1.54) is 6.07 Å². The first-order valence-corrected chi connectivity index (χ1v) is 8.45. The maximum Gasteiger partial charge on any atom is 0.416 e. The van der Waals surface area contributed by atoms with Gasteiger partial charge in [0.05, 0.1) is 30.2 Å². The van der Waals surface area contributed by atoms with Crippen LogP contribution >= 0.6 is 0 Å². The highest BCUT2D eigenvalue weighted by atomic mass is 19.4. The third-order valence-electron chi connectivity index (χ3n) is 5.27. The maximum absolute atomic E-state index is 13.3. The van der Waals surface area contributed by atoms with Crippen LogP contribution in [0.2, 0.25) is 0 Å². The quantitative estimate of drug-likeness (QED) is 0.805. The van der Waals surface area contributed by atoms with Gasteiger partial charge in [-0.2, -0.15) is 13.2 Å². The van der Waals surface area contributed by atoms with Gasteiger partial charge in [-0.3, -0.25) is 4.79 Å². The minimum atomic E-state index is -4.46. The molecular weight excluding hydrogens is 343 g/mol. The molecule has 26 heavy (non-hydrogen) atoms. The summed E-state index contributed by atoms with van der Waals surface area (Å²) < 4.78 is 45.8. The molecule has 2 aromatic rings. The number of hydrogen-bond donors (Lipinski definition) is 0. The number of likely N-dealkylation sites (tertiary alicyclic amines) is 1. The Balaban J connectivity index is 1.71. The molecule has 2 heterocycles. The van der Waals surface area contributed by atoms with Crippen LogP contribution < -0.4 is 0 Å². The number of rotatable bonds is 2. The van der Waals surface area contributed by atoms with E-state index < -0.39 is 23.3 Å². The molecule has 1 amide bonds. The number of benzene rings is 2. The molecule has 2 aromatic carbocycles. The number of ether oxygens (including phenoxy) is 1. The molecule has 0 aromatic heterocycles. The second-order valence-electron chi connectivity index (χ2n) is 7.09. The zero-order chi connectivity index (χ0) is 18.5. The van der Waals surface area contributed by atoms with Crippen LogP contribution in [0, 0.1) is 0 Å². The van der Waals surface area contributed by atoms with Gasteiger partial charge in [0.1, 0.15) is 0 Å². The standard InChI is InChI=1S/C20H18F3NO2/c1-19-12-24(10-13-6-3-2-4-7-13)18(25)17(19)14-8-5-9-16(20(21,22)23)15(14)11-26-19/h2-9,17H,10-12H2,1H3/t17-,19-/m1/s1. The second kappa shape index (κ2) is 5.84. The number of carbonyl (C=O) groups excluding carboxylic acids is 1. The summed E-state index contributed by atoms with van der Waals surface area (Å²) in [4.78, 5) is 14.7. The summed E-state index contributed by atoms with van der Waals surface area (Å²) in [5.74, 6) is -0.895. The highest BCUT2D eigenvalue weighted by Gasteiger charge is 2.54. The van der Waals surface area contributed by atoms with Crippen molar-refractivity contribution in [1.82, 2.24) is 4.90 Å². The SMILES string of the molecule is C[C@@]12CN(Cc3ccccc3)C(=O)[C@H]1c1cccc(C(F)(F)F)c1CO2. The monoisotopic (exact) mass is 361 g/mol. The van der Waals surface area contributed by atoms with E-state index in [1.54, 1.807) is 11.0 Å². The van der Waals surface area contributed by atoms with E-state index in [-0.39, 0.29) is 18.1 Å². The summed E-state index contributed by atoms with van der Waals surface area (Å²) in [6.07, 6.45) is -4.46. The molecule has 2 aliphatic heterocycles. The minimum absolute atomic E-state index is 0.0809. The molecule has 6 heteroatoms. The zero-order valence-corrected chi connectivity index (χ0v) is 14.2. The van der Waals surface area contributed by atoms with Crippen LogP contribution in [0.15, 0.2) is 48.5 Å². The van der Waals surface area contributed by atoms with Crippen LogP contribution in [0.4, 0.5) is 13.2 Å². The Labute approximate surface area is 149 Å². The lowest BCUT2D eigenvalue weighted by atomic mass is 9.80. The largest absolute Gasteiger partial charge is 0.416 e. The molecule has 4 rings (SSSR count). The van der Waals surface area contributed by atoms with Gasteiger partial charge in [0, 0.05) is 6.54 Å². The highest BCUT2D eigenvalue weighted by Crippen LogP contribution is 2.48. The molecule has 0 spiro atoms. The fraction of sp³-hybridized carbons (Fsp3) is 0.350. The summed E-state index contributed by atoms with van der Waals surface area (Å²) in [6.45, 7) is 2.46. The molecule has 0 radical (unpaired) electrons. The Hall–Kier alpha value is -2.34. The van der Waals surface area contributed by atoms with Crippen LogP contribution in [-0.4, -0.2) is 23.0 Å². The number of halogens is 3. The van der Waals surface area contributed by atoms with Gasteiger partial charge in [0.15, 0.2) is 0 Å². The maximum atomic E-state index is 13.3. The van der Waals surface area contributed by atoms with Crippen molar-refractivity contribution in [3.8, 4) is 0 Å². The molecule has 0 N–H and O–H groups in total. The van der Waals surface area contributed by atoms with Gasteiger partial charge in [0.25, 0.3) is 0 Å². The summed E-state index contributed by atoms with van der Waals surface area (Å²) in [6, 6.07) is 13.6. The van der Waals surface area contributed by atoms with Crippen LogP contribution in [0.25, 0.3) is 0 Å². The summed E-state index contributed by atoms with van der Waals surface area (Å²) in [7, 11) is 0. The first kappa shape index (κ1) is 17.1. The molecular formula is C20H18F3NO2. The molecule has 136 valence electrons. The van der Waals surface area contributed by atoms with Crippen molar-refractivity contribution in [2.24, 2.45) is 0 Å². The Morgan fingerprint density at radius 1 is 1.15 bits per heavy atom. The second-order valence-corrected chi connectivity index (χ2v) is 7.09. The fourth-order valence-electron chi connectivity index (χ4n) is 4.06. The van der Waals surface area contributed by atoms with Crippen LogP contribution in [0.3, 0.4) is 0 Å². The summed E-state index contributed by atoms with van der Waals surface area (Å²) in [5.41, 5.74) is -0.0337. The van der Waals surface area contributed by atoms with E-state index in [2.05, 4.69) is 0 Å². The van der Waals surface area contributed by atoms with Crippen molar-refractivity contribution in [2.75, 3.05) is 6.54 Å². The van der Waals surface area contributed by atoms with Gasteiger partial charge < -0.3 is 9.64 Å². The number of fused-ring (bicyclic) bond motifs is 3. The molecule has 1 fully saturated rings. The number of amides is 1. The van der Waals surface area contributed by atoms with Crippen molar-refractivity contribution >= 4 is 5.91 Å². The number of nitrogens with zero attached hydrogens (tertiary/aromatic N) is 1. The molecule has 0 saturated carbocycles. The zero-order valence-electron chi connectivity index (χ0n) is 14.2. The van der Waals surface area contributed by atoms with Crippen molar-refractivity contribution < 1.29 is 22.7 Å². The molecule has 0 aliphatic carbocycles. The first-order valence-electron chi connectivity index (χ1n) is 8.45. The fourth-order valence-corrected chi connectivity index (χ4v) is 4.06. The molecule has 0 bridgehead atoms. The van der Waals surface area contributed by atoms with Crippen molar-refractivity contribution in [2.45, 2.75) is 37.8 Å². The lowest BCUT2D eigenvalue weighted by Gasteiger charge is -2.36. The van der Waals surface area contributed by atoms with E-state index in [0.29, 0.717) is 18.7 Å². The van der Waals surface area contributed by atoms with Gasteiger partial charge in [-0.15, -0.1) is 0 Å². The molecule has 0 unspecified atom stereocenters. The van der Waals surface area contributed by atoms with E-state index in [1.807, 2.05) is 37.3 Å². The summed E-state index contributed by atoms with van der Waals surface area (Å²) >= 11 is 0. The molecule has 3 nitrogen and oxygen atoms in total. The van der Waals surface area contributed by atoms with E-state index in [4.69, 9.17) is 4.74 Å². The number of carbonyl (C=O) groups is 1. The van der Waals surface area contributed by atoms with Gasteiger partial charge in [-0.25, -0.2) is 0 Å². The average molecular weight is 361 g/mol. The van der Waals surface area contributed by atoms with Gasteiger partial charge >= 0.3 is 6.18 Å². The normalized spacial score (nSPS) is 25.2. The Morgan fingerprint density at radius 2 is 1.88 bits per heavy atom. The topological polar surface area (TPSA) is 29.5 Å². The Bertz CT molecular complexity index is 850. The lowest BCUT2D eigenvalue weighted by molar-refractivity contribution is -0.142. The third-order valence-corrected chi connectivity index (χ3v) is 5.27. The average Bonchev–Trinajstić information content (AvgIpc) is 2.85. The van der Waals surface area contributed by atoms with Crippen molar-refractivity contribution in [3.05, 3.63) is 70.8 Å². The van der Waals surface area contributed by atoms with Gasteiger partial charge in [-0.1, -0.05) is 42.5 Å². The first-order chi connectivity index (χ1) is 12.3. The van der Waals surface area contributed by atoms with E-state index in [9.17, 15) is 18.0 Å². The highest BCUT2D eigenvalue weighted by molar-refractivity contribution is 5.88. The Kier molecular flexibility index (Phi) is 3.84. The van der Waals surface area contributed by atoms with Crippen LogP contribution in [0.5, 0.6) is 0 Å². The lowest BCUT2D eigenvalue weighted by Crippen LogP contribution is -2.41. The molecule has 2 atom stereocenters. The van der Waals surface area contributed by atoms with Gasteiger partial charge in [0.2, 0.25) is 5.91 Å². The van der Waals surface area contributed by atoms with Gasteiger partial charge in [-0.05, 0) is 29.7 Å². The third kappa shape index (κ3) is 2.69. The smallest absolute Gasteiger partial charge is 0.368 e. The molecule has 1 saturated heterocycles. The van der Waals surface area contributed by atoms with Crippen LogP contribution in [-0.2, 0) is 28.9 Å². The van der Waals surface area contributed by atoms with Crippen molar-refractivity contribution in [1.29, 1.82) is 0 Å². The predicted octanol–water partition coefficient (Wildman–Crippen LogP) is 4.12. The minimum Gasteiger partial charge on any atom is -0.368 e.